The lowest BCUT2D eigenvalue weighted by Gasteiger charge is -2.32. The first-order valence-corrected chi connectivity index (χ1v) is 11.6. The van der Waals surface area contributed by atoms with E-state index in [-0.39, 0.29) is 66.8 Å². The third-order valence-corrected chi connectivity index (χ3v) is 6.88. The molecule has 10 heteroatoms. The van der Waals surface area contributed by atoms with E-state index in [4.69, 9.17) is 6.57 Å². The molecule has 0 N–H and O–H groups in total. The smallest absolute Gasteiger partial charge is 0.265 e. The molecule has 4 amide bonds. The molecule has 184 valence electrons. The van der Waals surface area contributed by atoms with Crippen molar-refractivity contribution in [3.05, 3.63) is 111 Å². The number of carbonyl (C=O) groups excluding carboxylic acids is 4. The summed E-state index contributed by atoms with van der Waals surface area (Å²) in [6.45, 7) is 7.20. The van der Waals surface area contributed by atoms with Crippen molar-refractivity contribution in [3.8, 4) is 18.2 Å². The van der Waals surface area contributed by atoms with Gasteiger partial charge in [-0.25, -0.2) is 14.6 Å². The number of amides is 4. The summed E-state index contributed by atoms with van der Waals surface area (Å²) in [5, 5.41) is 28.4. The van der Waals surface area contributed by atoms with Gasteiger partial charge in [-0.3, -0.25) is 19.2 Å². The Morgan fingerprint density at radius 2 is 0.950 bits per heavy atom. The van der Waals surface area contributed by atoms with Crippen LogP contribution in [-0.4, -0.2) is 23.6 Å². The lowest BCUT2D eigenvalue weighted by Crippen LogP contribution is -2.43. The van der Waals surface area contributed by atoms with Crippen LogP contribution in [0.5, 0.6) is 0 Å². The van der Waals surface area contributed by atoms with Crippen molar-refractivity contribution in [2.75, 3.05) is 9.80 Å². The third-order valence-electron chi connectivity index (χ3n) is 6.88. The fourth-order valence-corrected chi connectivity index (χ4v) is 5.06. The van der Waals surface area contributed by atoms with Crippen LogP contribution in [0.2, 0.25) is 0 Å². The van der Waals surface area contributed by atoms with E-state index in [1.165, 1.54) is 60.7 Å². The van der Waals surface area contributed by atoms with Crippen molar-refractivity contribution in [1.82, 2.24) is 0 Å². The first kappa shape index (κ1) is 23.8. The highest BCUT2D eigenvalue weighted by molar-refractivity contribution is 6.42. The summed E-state index contributed by atoms with van der Waals surface area (Å²) in [6.07, 6.45) is 0. The van der Waals surface area contributed by atoms with Gasteiger partial charge in [-0.1, -0.05) is 6.07 Å². The van der Waals surface area contributed by atoms with Crippen LogP contribution >= 0.6 is 0 Å². The molecular formula is C30H10N6O4. The normalized spacial score (nSPS) is 13.5. The van der Waals surface area contributed by atoms with E-state index in [1.807, 2.05) is 18.2 Å². The summed E-state index contributed by atoms with van der Waals surface area (Å²) in [7, 11) is 0. The molecule has 2 heterocycles. The molecule has 0 saturated carbocycles. The van der Waals surface area contributed by atoms with Crippen molar-refractivity contribution < 1.29 is 19.2 Å². The second kappa shape index (κ2) is 8.46. The molecule has 10 nitrogen and oxygen atoms in total. The summed E-state index contributed by atoms with van der Waals surface area (Å²) in [6, 6.07) is 19.3. The van der Waals surface area contributed by atoms with Crippen LogP contribution in [0, 0.1) is 40.6 Å². The Bertz CT molecular complexity index is 1880. The summed E-state index contributed by atoms with van der Waals surface area (Å²) in [5.41, 5.74) is 0.705. The van der Waals surface area contributed by atoms with Gasteiger partial charge in [-0.05, 0) is 54.6 Å². The van der Waals surface area contributed by atoms with E-state index in [1.54, 1.807) is 0 Å². The summed E-state index contributed by atoms with van der Waals surface area (Å²) in [4.78, 5) is 59.5. The summed E-state index contributed by atoms with van der Waals surface area (Å²) in [5.74, 6) is -2.86. The van der Waals surface area contributed by atoms with E-state index >= 15 is 0 Å². The number of anilines is 2. The van der Waals surface area contributed by atoms with Gasteiger partial charge in [0.25, 0.3) is 23.6 Å². The Balaban J connectivity index is 1.52. The minimum Gasteiger partial charge on any atom is -0.268 e. The number of rotatable bonds is 2. The van der Waals surface area contributed by atoms with Crippen molar-refractivity contribution >= 4 is 51.5 Å². The second-order valence-electron chi connectivity index (χ2n) is 8.84. The van der Waals surface area contributed by atoms with Gasteiger partial charge in [0.2, 0.25) is 5.69 Å². The second-order valence-corrected chi connectivity index (χ2v) is 8.84. The summed E-state index contributed by atoms with van der Waals surface area (Å²) < 4.78 is 0. The van der Waals surface area contributed by atoms with Crippen LogP contribution in [0.4, 0.5) is 17.1 Å². The Morgan fingerprint density at radius 1 is 0.550 bits per heavy atom. The van der Waals surface area contributed by atoms with Crippen molar-refractivity contribution in [2.24, 2.45) is 0 Å². The van der Waals surface area contributed by atoms with E-state index < -0.39 is 23.6 Å². The number of carbonyl (C=O) groups is 4. The minimum atomic E-state index is -0.717. The summed E-state index contributed by atoms with van der Waals surface area (Å²) >= 11 is 0. The van der Waals surface area contributed by atoms with Gasteiger partial charge >= 0.3 is 0 Å². The molecule has 0 fully saturated rings. The largest absolute Gasteiger partial charge is 0.268 e. The molecular weight excluding hydrogens is 508 g/mol. The van der Waals surface area contributed by atoms with E-state index in [0.29, 0.717) is 0 Å². The zero-order valence-corrected chi connectivity index (χ0v) is 20.1. The highest BCUT2D eigenvalue weighted by Crippen LogP contribution is 2.40. The lowest BCUT2D eigenvalue weighted by atomic mass is 9.85. The zero-order chi connectivity index (χ0) is 28.3. The molecule has 6 rings (SSSR count). The van der Waals surface area contributed by atoms with Crippen molar-refractivity contribution in [1.29, 1.82) is 15.8 Å². The standard InChI is InChI=1S/C30H10N6O4/c1-34-24-9-4-19(11-17(24)14-33)36-29(39)22-7-5-20-25-21(6-8-23(26(22)25)30(36)40)28(38)35(27(20)37)18-3-2-15(12-31)16(10-18)13-32/h2-11H. The molecule has 4 aromatic carbocycles. The van der Waals surface area contributed by atoms with Crippen LogP contribution in [-0.2, 0) is 0 Å². The van der Waals surface area contributed by atoms with E-state index in [2.05, 4.69) is 4.85 Å². The van der Waals surface area contributed by atoms with Gasteiger partial charge in [0.15, 0.2) is 0 Å². The number of hydrogen-bond donors (Lipinski definition) is 0. The lowest BCUT2D eigenvalue weighted by molar-refractivity contribution is 0.0873. The fraction of sp³-hybridized carbons (Fsp3) is 0. The van der Waals surface area contributed by atoms with Gasteiger partial charge in [0.1, 0.15) is 12.1 Å². The minimum absolute atomic E-state index is 0.00258. The molecule has 0 aliphatic carbocycles. The highest BCUT2D eigenvalue weighted by Gasteiger charge is 2.40. The maximum atomic E-state index is 13.6. The van der Waals surface area contributed by atoms with E-state index in [0.717, 1.165) is 9.80 Å². The van der Waals surface area contributed by atoms with E-state index in [9.17, 15) is 35.0 Å². The van der Waals surface area contributed by atoms with Gasteiger partial charge in [0, 0.05) is 33.0 Å². The van der Waals surface area contributed by atoms with Crippen LogP contribution < -0.4 is 9.80 Å². The maximum absolute atomic E-state index is 13.6. The predicted molar refractivity (Wildman–Crippen MR) is 140 cm³/mol. The number of nitrogens with zero attached hydrogens (tertiary/aromatic N) is 6. The number of benzene rings is 4. The first-order valence-electron chi connectivity index (χ1n) is 11.6. The molecule has 40 heavy (non-hydrogen) atoms. The molecule has 0 spiro atoms. The zero-order valence-electron chi connectivity index (χ0n) is 20.1. The number of hydrogen-bond acceptors (Lipinski definition) is 7. The predicted octanol–water partition coefficient (Wildman–Crippen LogP) is 4.61. The number of nitriles is 3. The molecule has 0 saturated heterocycles. The van der Waals surface area contributed by atoms with Crippen molar-refractivity contribution in [2.45, 2.75) is 0 Å². The Labute approximate surface area is 225 Å². The average Bonchev–Trinajstić information content (AvgIpc) is 2.98. The maximum Gasteiger partial charge on any atom is 0.265 e. The topological polar surface area (TPSA) is 150 Å². The molecule has 0 bridgehead atoms. The number of imide groups is 2. The molecule has 0 aromatic heterocycles. The third kappa shape index (κ3) is 3.05. The molecule has 2 aliphatic rings. The first-order chi connectivity index (χ1) is 19.3. The molecule has 0 radical (unpaired) electrons. The molecule has 4 aromatic rings. The fourth-order valence-electron chi connectivity index (χ4n) is 5.06. The SMILES string of the molecule is [C-]#[N+]c1ccc(N2C(=O)c3ccc4c5c(ccc(c35)C2=O)C(=O)N(c2ccc(C#N)c(C#N)c2)C4=O)cc1C#N. The van der Waals surface area contributed by atoms with Gasteiger partial charge in [-0.15, -0.1) is 0 Å². The highest BCUT2D eigenvalue weighted by atomic mass is 16.2. The van der Waals surface area contributed by atoms with Crippen LogP contribution in [0.3, 0.4) is 0 Å². The molecule has 0 atom stereocenters. The van der Waals surface area contributed by atoms with Gasteiger partial charge < -0.3 is 0 Å². The Morgan fingerprint density at radius 3 is 1.35 bits per heavy atom. The van der Waals surface area contributed by atoms with Crippen LogP contribution in [0.25, 0.3) is 15.6 Å². The monoisotopic (exact) mass is 518 g/mol. The quantitative estimate of drug-likeness (QED) is 0.278. The molecule has 0 unspecified atom stereocenters. The Hall–Kier alpha value is -6.62. The van der Waals surface area contributed by atoms with Crippen molar-refractivity contribution in [3.63, 3.8) is 0 Å². The van der Waals surface area contributed by atoms with Crippen LogP contribution in [0.15, 0.2) is 60.7 Å². The van der Waals surface area contributed by atoms with Gasteiger partial charge in [0.05, 0.1) is 40.7 Å². The van der Waals surface area contributed by atoms with Crippen LogP contribution in [0.1, 0.15) is 58.1 Å². The van der Waals surface area contributed by atoms with Gasteiger partial charge in [-0.2, -0.15) is 15.8 Å². The average molecular weight is 518 g/mol. The molecule has 2 aliphatic heterocycles. The Kier molecular flexibility index (Phi) is 5.03.